The topological polar surface area (TPSA) is 37.3 Å². The second-order valence-electron chi connectivity index (χ2n) is 3.47. The maximum Gasteiger partial charge on any atom is 0.336 e. The van der Waals surface area contributed by atoms with Crippen molar-refractivity contribution >= 4 is 29.3 Å². The zero-order chi connectivity index (χ0) is 11.4. The molecule has 15 heavy (non-hydrogen) atoms. The van der Waals surface area contributed by atoms with E-state index in [-0.39, 0.29) is 0 Å². The Bertz CT molecular complexity index is 364. The molecule has 0 saturated heterocycles. The minimum absolute atomic E-state index is 0.302. The predicted octanol–water partition coefficient (Wildman–Crippen LogP) is 3.68. The Morgan fingerprint density at radius 3 is 2.73 bits per heavy atom. The third-order valence-electron chi connectivity index (χ3n) is 1.87. The Morgan fingerprint density at radius 1 is 1.53 bits per heavy atom. The van der Waals surface area contributed by atoms with Crippen molar-refractivity contribution in [2.24, 2.45) is 0 Å². The highest BCUT2D eigenvalue weighted by atomic mass is 35.5. The van der Waals surface area contributed by atoms with Crippen LogP contribution in [0.3, 0.4) is 0 Å². The van der Waals surface area contributed by atoms with Gasteiger partial charge in [0.15, 0.2) is 0 Å². The van der Waals surface area contributed by atoms with Crippen LogP contribution >= 0.6 is 23.4 Å². The molecule has 0 aromatic heterocycles. The molecule has 4 heteroatoms. The smallest absolute Gasteiger partial charge is 0.336 e. The van der Waals surface area contributed by atoms with E-state index in [0.29, 0.717) is 21.6 Å². The molecule has 0 bridgehead atoms. The molecule has 0 unspecified atom stereocenters. The third kappa shape index (κ3) is 3.76. The molecule has 1 aromatic carbocycles. The molecule has 1 rings (SSSR count). The van der Waals surface area contributed by atoms with Crippen molar-refractivity contribution in [1.29, 1.82) is 0 Å². The monoisotopic (exact) mass is 244 g/mol. The molecular formula is C11H13ClO2S. The Hall–Kier alpha value is -0.670. The minimum atomic E-state index is -0.920. The van der Waals surface area contributed by atoms with Crippen LogP contribution in [0, 0.1) is 0 Å². The number of carboxylic acid groups (broad SMARTS) is 1. The van der Waals surface area contributed by atoms with Crippen molar-refractivity contribution in [3.8, 4) is 0 Å². The molecule has 0 saturated carbocycles. The summed E-state index contributed by atoms with van der Waals surface area (Å²) < 4.78 is 0. The molecule has 0 aliphatic heterocycles. The van der Waals surface area contributed by atoms with Gasteiger partial charge in [-0.3, -0.25) is 0 Å². The molecule has 0 atom stereocenters. The van der Waals surface area contributed by atoms with Gasteiger partial charge in [-0.15, -0.1) is 0 Å². The van der Waals surface area contributed by atoms with Crippen LogP contribution in [0.25, 0.3) is 0 Å². The van der Waals surface area contributed by atoms with Gasteiger partial charge < -0.3 is 5.11 Å². The lowest BCUT2D eigenvalue weighted by molar-refractivity contribution is 0.0696. The Balaban J connectivity index is 2.91. The van der Waals surface area contributed by atoms with E-state index < -0.39 is 5.97 Å². The molecule has 0 radical (unpaired) electrons. The van der Waals surface area contributed by atoms with E-state index in [1.807, 2.05) is 0 Å². The lowest BCUT2D eigenvalue weighted by Gasteiger charge is -2.08. The van der Waals surface area contributed by atoms with Crippen LogP contribution in [0.2, 0.25) is 5.02 Å². The van der Waals surface area contributed by atoms with Crippen molar-refractivity contribution in [1.82, 2.24) is 0 Å². The molecule has 82 valence electrons. The highest BCUT2D eigenvalue weighted by Gasteiger charge is 2.10. The SMILES string of the molecule is CC(C)SCc1ccc(Cl)cc1C(=O)O. The normalized spacial score (nSPS) is 10.7. The third-order valence-corrected chi connectivity index (χ3v) is 3.25. The zero-order valence-corrected chi connectivity index (χ0v) is 10.2. The fourth-order valence-corrected chi connectivity index (χ4v) is 2.07. The number of rotatable bonds is 4. The van der Waals surface area contributed by atoms with Crippen molar-refractivity contribution in [3.63, 3.8) is 0 Å². The summed E-state index contributed by atoms with van der Waals surface area (Å²) in [6.07, 6.45) is 0. The van der Waals surface area contributed by atoms with E-state index in [4.69, 9.17) is 16.7 Å². The molecule has 2 nitrogen and oxygen atoms in total. The van der Waals surface area contributed by atoms with Crippen LogP contribution < -0.4 is 0 Å². The maximum absolute atomic E-state index is 11.0. The van der Waals surface area contributed by atoms with Gasteiger partial charge in [-0.2, -0.15) is 11.8 Å². The average molecular weight is 245 g/mol. The molecule has 0 aliphatic rings. The maximum atomic E-state index is 11.0. The Labute approximate surface area is 98.6 Å². The fourth-order valence-electron chi connectivity index (χ4n) is 1.13. The predicted molar refractivity (Wildman–Crippen MR) is 64.8 cm³/mol. The lowest BCUT2D eigenvalue weighted by atomic mass is 10.1. The highest BCUT2D eigenvalue weighted by molar-refractivity contribution is 7.99. The van der Waals surface area contributed by atoms with Crippen molar-refractivity contribution in [2.45, 2.75) is 24.9 Å². The molecular weight excluding hydrogens is 232 g/mol. The zero-order valence-electron chi connectivity index (χ0n) is 8.66. The van der Waals surface area contributed by atoms with E-state index >= 15 is 0 Å². The molecule has 0 fully saturated rings. The average Bonchev–Trinajstić information content (AvgIpc) is 2.15. The number of aromatic carboxylic acids is 1. The van der Waals surface area contributed by atoms with Crippen molar-refractivity contribution in [3.05, 3.63) is 34.3 Å². The highest BCUT2D eigenvalue weighted by Crippen LogP contribution is 2.22. The summed E-state index contributed by atoms with van der Waals surface area (Å²) in [5.41, 5.74) is 1.13. The summed E-state index contributed by atoms with van der Waals surface area (Å²) >= 11 is 7.47. The molecule has 1 aromatic rings. The summed E-state index contributed by atoms with van der Waals surface area (Å²) in [6, 6.07) is 5.01. The first-order chi connectivity index (χ1) is 7.00. The number of benzene rings is 1. The number of hydrogen-bond donors (Lipinski definition) is 1. The molecule has 0 aliphatic carbocycles. The van der Waals surface area contributed by atoms with Gasteiger partial charge in [0.2, 0.25) is 0 Å². The van der Waals surface area contributed by atoms with Gasteiger partial charge in [-0.1, -0.05) is 31.5 Å². The van der Waals surface area contributed by atoms with Crippen LogP contribution in [0.4, 0.5) is 0 Å². The van der Waals surface area contributed by atoms with Gasteiger partial charge in [0, 0.05) is 10.8 Å². The lowest BCUT2D eigenvalue weighted by Crippen LogP contribution is -2.02. The van der Waals surface area contributed by atoms with Gasteiger partial charge in [0.25, 0.3) is 0 Å². The van der Waals surface area contributed by atoms with Crippen LogP contribution in [0.5, 0.6) is 0 Å². The molecule has 0 amide bonds. The van der Waals surface area contributed by atoms with Crippen LogP contribution in [-0.2, 0) is 5.75 Å². The largest absolute Gasteiger partial charge is 0.478 e. The summed E-state index contributed by atoms with van der Waals surface area (Å²) in [7, 11) is 0. The first kappa shape index (κ1) is 12.4. The summed E-state index contributed by atoms with van der Waals surface area (Å²) in [4.78, 5) is 11.0. The van der Waals surface area contributed by atoms with Gasteiger partial charge in [0.05, 0.1) is 5.56 Å². The van der Waals surface area contributed by atoms with Gasteiger partial charge in [-0.05, 0) is 22.9 Å². The fraction of sp³-hybridized carbons (Fsp3) is 0.364. The first-order valence-corrected chi connectivity index (χ1v) is 6.06. The molecule has 1 N–H and O–H groups in total. The number of carbonyl (C=O) groups is 1. The minimum Gasteiger partial charge on any atom is -0.478 e. The van der Waals surface area contributed by atoms with Gasteiger partial charge in [0.1, 0.15) is 0 Å². The number of hydrogen-bond acceptors (Lipinski definition) is 2. The van der Waals surface area contributed by atoms with E-state index in [1.54, 1.807) is 23.9 Å². The second kappa shape index (κ2) is 5.42. The standard InChI is InChI=1S/C11H13ClO2S/c1-7(2)15-6-8-3-4-9(12)5-10(8)11(13)14/h3-5,7H,6H2,1-2H3,(H,13,14). The summed E-state index contributed by atoms with van der Waals surface area (Å²) in [6.45, 7) is 4.17. The van der Waals surface area contributed by atoms with Gasteiger partial charge in [-0.25, -0.2) is 4.79 Å². The van der Waals surface area contributed by atoms with E-state index in [0.717, 1.165) is 5.56 Å². The van der Waals surface area contributed by atoms with Gasteiger partial charge >= 0.3 is 5.97 Å². The Kier molecular flexibility index (Phi) is 4.48. The van der Waals surface area contributed by atoms with Crippen LogP contribution in [0.15, 0.2) is 18.2 Å². The Morgan fingerprint density at radius 2 is 2.20 bits per heavy atom. The van der Waals surface area contributed by atoms with Crippen molar-refractivity contribution in [2.75, 3.05) is 0 Å². The van der Waals surface area contributed by atoms with Crippen molar-refractivity contribution < 1.29 is 9.90 Å². The van der Waals surface area contributed by atoms with E-state index in [2.05, 4.69) is 13.8 Å². The quantitative estimate of drug-likeness (QED) is 0.878. The number of halogens is 1. The summed E-state index contributed by atoms with van der Waals surface area (Å²) in [5, 5.41) is 9.94. The van der Waals surface area contributed by atoms with Crippen LogP contribution in [-0.4, -0.2) is 16.3 Å². The van der Waals surface area contributed by atoms with E-state index in [1.165, 1.54) is 6.07 Å². The van der Waals surface area contributed by atoms with E-state index in [9.17, 15) is 4.79 Å². The first-order valence-electron chi connectivity index (χ1n) is 4.64. The summed E-state index contributed by atoms with van der Waals surface area (Å²) in [5.74, 6) is -0.215. The number of carboxylic acids is 1. The number of thioether (sulfide) groups is 1. The molecule has 0 heterocycles. The van der Waals surface area contributed by atoms with Crippen LogP contribution in [0.1, 0.15) is 29.8 Å². The molecule has 0 spiro atoms. The second-order valence-corrected chi connectivity index (χ2v) is 5.47.